The molecule has 2 aromatic heterocycles. The molecular formula is C11H10N2O. The number of H-pyrrole nitrogens is 1. The van der Waals surface area contributed by atoms with Gasteiger partial charge >= 0.3 is 0 Å². The van der Waals surface area contributed by atoms with Crippen LogP contribution in [0.25, 0.3) is 11.0 Å². The van der Waals surface area contributed by atoms with Crippen molar-refractivity contribution in [3.8, 4) is 0 Å². The average molecular weight is 186 g/mol. The second-order valence-electron chi connectivity index (χ2n) is 3.65. The fourth-order valence-electron chi connectivity index (χ4n) is 2.11. The molecule has 0 bridgehead atoms. The van der Waals surface area contributed by atoms with Crippen LogP contribution in [0.1, 0.15) is 28.9 Å². The number of aryl methyl sites for hydroxylation is 1. The van der Waals surface area contributed by atoms with Crippen molar-refractivity contribution in [2.24, 2.45) is 0 Å². The second kappa shape index (κ2) is 2.67. The van der Waals surface area contributed by atoms with E-state index in [4.69, 9.17) is 0 Å². The molecule has 0 saturated heterocycles. The summed E-state index contributed by atoms with van der Waals surface area (Å²) in [4.78, 5) is 19.2. The first-order chi connectivity index (χ1) is 6.86. The van der Waals surface area contributed by atoms with Gasteiger partial charge in [0.2, 0.25) is 0 Å². The van der Waals surface area contributed by atoms with Crippen molar-refractivity contribution in [3.05, 3.63) is 29.6 Å². The molecule has 1 aliphatic rings. The summed E-state index contributed by atoms with van der Waals surface area (Å²) in [6.45, 7) is 0. The first-order valence-corrected chi connectivity index (χ1v) is 4.85. The van der Waals surface area contributed by atoms with Gasteiger partial charge in [-0.05, 0) is 25.0 Å². The highest BCUT2D eigenvalue weighted by Gasteiger charge is 2.22. The standard InChI is InChI=1S/C11H10N2O/c14-9-5-1-3-7-10(9)11-8(13-7)4-2-6-12-11/h2,4,6,13H,1,3,5H2. The Balaban J connectivity index is 2.39. The molecule has 0 aromatic carbocycles. The van der Waals surface area contributed by atoms with Gasteiger partial charge in [0.1, 0.15) is 0 Å². The molecule has 0 radical (unpaired) electrons. The number of hydrogen-bond acceptors (Lipinski definition) is 2. The van der Waals surface area contributed by atoms with Crippen molar-refractivity contribution in [2.45, 2.75) is 19.3 Å². The Hall–Kier alpha value is -1.64. The molecule has 0 saturated carbocycles. The van der Waals surface area contributed by atoms with Gasteiger partial charge in [-0.2, -0.15) is 0 Å². The molecule has 1 aliphatic carbocycles. The van der Waals surface area contributed by atoms with Gasteiger partial charge in [-0.15, -0.1) is 0 Å². The maximum atomic E-state index is 11.7. The lowest BCUT2D eigenvalue weighted by atomic mass is 9.96. The summed E-state index contributed by atoms with van der Waals surface area (Å²) >= 11 is 0. The van der Waals surface area contributed by atoms with Gasteiger partial charge < -0.3 is 4.98 Å². The summed E-state index contributed by atoms with van der Waals surface area (Å²) in [7, 11) is 0. The van der Waals surface area contributed by atoms with Crippen LogP contribution in [0.3, 0.4) is 0 Å². The highest BCUT2D eigenvalue weighted by atomic mass is 16.1. The van der Waals surface area contributed by atoms with Gasteiger partial charge in [-0.25, -0.2) is 0 Å². The van der Waals surface area contributed by atoms with E-state index < -0.39 is 0 Å². The van der Waals surface area contributed by atoms with Crippen LogP contribution in [0.4, 0.5) is 0 Å². The summed E-state index contributed by atoms with van der Waals surface area (Å²) in [6.07, 6.45) is 4.32. The molecule has 1 N–H and O–H groups in total. The SMILES string of the molecule is O=C1CCCc2[nH]c3cccnc3c21. The van der Waals surface area contributed by atoms with Gasteiger partial charge in [0, 0.05) is 18.3 Å². The van der Waals surface area contributed by atoms with Crippen LogP contribution in [0, 0.1) is 0 Å². The fourth-order valence-corrected chi connectivity index (χ4v) is 2.11. The topological polar surface area (TPSA) is 45.8 Å². The predicted molar refractivity (Wildman–Crippen MR) is 53.4 cm³/mol. The number of nitrogens with one attached hydrogen (secondary N) is 1. The van der Waals surface area contributed by atoms with Crippen molar-refractivity contribution in [1.82, 2.24) is 9.97 Å². The Bertz CT molecular complexity index is 513. The Morgan fingerprint density at radius 2 is 2.29 bits per heavy atom. The number of fused-ring (bicyclic) bond motifs is 3. The summed E-state index contributed by atoms with van der Waals surface area (Å²) < 4.78 is 0. The van der Waals surface area contributed by atoms with Crippen LogP contribution in [-0.2, 0) is 6.42 Å². The minimum Gasteiger partial charge on any atom is -0.356 e. The molecule has 2 heterocycles. The molecule has 14 heavy (non-hydrogen) atoms. The largest absolute Gasteiger partial charge is 0.356 e. The maximum absolute atomic E-state index is 11.7. The van der Waals surface area contributed by atoms with Gasteiger partial charge in [-0.3, -0.25) is 9.78 Å². The van der Waals surface area contributed by atoms with E-state index >= 15 is 0 Å². The van der Waals surface area contributed by atoms with E-state index in [-0.39, 0.29) is 5.78 Å². The Morgan fingerprint density at radius 1 is 1.36 bits per heavy atom. The second-order valence-corrected chi connectivity index (χ2v) is 3.65. The Labute approximate surface area is 81.2 Å². The Morgan fingerprint density at radius 3 is 3.21 bits per heavy atom. The molecular weight excluding hydrogens is 176 g/mol. The first kappa shape index (κ1) is 7.74. The lowest BCUT2D eigenvalue weighted by Gasteiger charge is -2.08. The smallest absolute Gasteiger partial charge is 0.166 e. The number of hydrogen-bond donors (Lipinski definition) is 1. The van der Waals surface area contributed by atoms with Crippen LogP contribution < -0.4 is 0 Å². The third kappa shape index (κ3) is 0.923. The van der Waals surface area contributed by atoms with Crippen molar-refractivity contribution in [3.63, 3.8) is 0 Å². The highest BCUT2D eigenvalue weighted by Crippen LogP contribution is 2.27. The van der Waals surface area contributed by atoms with Gasteiger partial charge in [0.15, 0.2) is 5.78 Å². The Kier molecular flexibility index (Phi) is 1.48. The van der Waals surface area contributed by atoms with Crippen LogP contribution in [-0.4, -0.2) is 15.8 Å². The minimum atomic E-state index is 0.233. The van der Waals surface area contributed by atoms with Crippen molar-refractivity contribution in [1.29, 1.82) is 0 Å². The van der Waals surface area contributed by atoms with Gasteiger partial charge in [0.25, 0.3) is 0 Å². The van der Waals surface area contributed by atoms with Gasteiger partial charge in [0.05, 0.1) is 16.6 Å². The summed E-state index contributed by atoms with van der Waals surface area (Å²) in [5.74, 6) is 0.233. The van der Waals surface area contributed by atoms with Crippen molar-refractivity contribution >= 4 is 16.8 Å². The van der Waals surface area contributed by atoms with Crippen LogP contribution in [0.15, 0.2) is 18.3 Å². The minimum absolute atomic E-state index is 0.233. The maximum Gasteiger partial charge on any atom is 0.166 e. The van der Waals surface area contributed by atoms with Crippen molar-refractivity contribution in [2.75, 3.05) is 0 Å². The number of pyridine rings is 1. The number of carbonyl (C=O) groups excluding carboxylic acids is 1. The summed E-state index contributed by atoms with van der Waals surface area (Å²) in [5.41, 5.74) is 3.71. The summed E-state index contributed by atoms with van der Waals surface area (Å²) in [6, 6.07) is 3.85. The van der Waals surface area contributed by atoms with E-state index in [1.165, 1.54) is 0 Å². The molecule has 2 aromatic rings. The molecule has 0 amide bonds. The number of rotatable bonds is 0. The molecule has 3 heteroatoms. The lowest BCUT2D eigenvalue weighted by molar-refractivity contribution is 0.0974. The molecule has 3 nitrogen and oxygen atoms in total. The van der Waals surface area contributed by atoms with E-state index in [0.29, 0.717) is 6.42 Å². The normalized spacial score (nSPS) is 15.9. The molecule has 0 spiro atoms. The molecule has 0 fully saturated rings. The number of carbonyl (C=O) groups is 1. The number of ketones is 1. The number of Topliss-reactive ketones (excluding diaryl/α,β-unsaturated/α-hetero) is 1. The predicted octanol–water partition coefficient (Wildman–Crippen LogP) is 2.08. The number of aromatic nitrogens is 2. The first-order valence-electron chi connectivity index (χ1n) is 4.85. The van der Waals surface area contributed by atoms with Crippen LogP contribution in [0.2, 0.25) is 0 Å². The third-order valence-electron chi connectivity index (χ3n) is 2.74. The fraction of sp³-hybridized carbons (Fsp3) is 0.273. The molecule has 70 valence electrons. The molecule has 0 atom stereocenters. The number of aromatic amines is 1. The monoisotopic (exact) mass is 186 g/mol. The van der Waals surface area contributed by atoms with Crippen LogP contribution in [0.5, 0.6) is 0 Å². The lowest BCUT2D eigenvalue weighted by Crippen LogP contribution is -2.09. The van der Waals surface area contributed by atoms with E-state index in [0.717, 1.165) is 35.1 Å². The third-order valence-corrected chi connectivity index (χ3v) is 2.74. The van der Waals surface area contributed by atoms with E-state index in [2.05, 4.69) is 9.97 Å². The summed E-state index contributed by atoms with van der Waals surface area (Å²) in [5, 5.41) is 0. The zero-order chi connectivity index (χ0) is 9.54. The molecule has 0 aliphatic heterocycles. The van der Waals surface area contributed by atoms with Gasteiger partial charge in [-0.1, -0.05) is 0 Å². The highest BCUT2D eigenvalue weighted by molar-refractivity contribution is 6.08. The number of nitrogens with zero attached hydrogens (tertiary/aromatic N) is 1. The quantitative estimate of drug-likeness (QED) is 0.684. The molecule has 0 unspecified atom stereocenters. The molecule has 3 rings (SSSR count). The zero-order valence-electron chi connectivity index (χ0n) is 7.71. The van der Waals surface area contributed by atoms with E-state index in [1.807, 2.05) is 12.1 Å². The average Bonchev–Trinajstić information content (AvgIpc) is 2.57. The van der Waals surface area contributed by atoms with Crippen LogP contribution >= 0.6 is 0 Å². The van der Waals surface area contributed by atoms with E-state index in [9.17, 15) is 4.79 Å². The zero-order valence-corrected chi connectivity index (χ0v) is 7.71. The van der Waals surface area contributed by atoms with E-state index in [1.54, 1.807) is 6.20 Å². The van der Waals surface area contributed by atoms with Crippen molar-refractivity contribution < 1.29 is 4.79 Å².